The molecule has 18 heavy (non-hydrogen) atoms. The van der Waals surface area contributed by atoms with Gasteiger partial charge in [0.2, 0.25) is 0 Å². The van der Waals surface area contributed by atoms with Crippen molar-refractivity contribution in [3.63, 3.8) is 0 Å². The van der Waals surface area contributed by atoms with E-state index in [1.54, 1.807) is 26.8 Å². The molecule has 0 unspecified atom stereocenters. The van der Waals surface area contributed by atoms with Crippen LogP contribution < -0.4 is 5.32 Å². The second kappa shape index (κ2) is 4.12. The lowest BCUT2D eigenvalue weighted by Crippen LogP contribution is -2.47. The van der Waals surface area contributed by atoms with Crippen molar-refractivity contribution in [2.24, 2.45) is 0 Å². The van der Waals surface area contributed by atoms with Crippen molar-refractivity contribution in [2.45, 2.75) is 32.7 Å². The zero-order valence-corrected chi connectivity index (χ0v) is 11.6. The Morgan fingerprint density at radius 2 is 2.11 bits per heavy atom. The highest BCUT2D eigenvalue weighted by molar-refractivity contribution is 7.91. The molecule has 1 aromatic rings. The fraction of sp³-hybridized carbons (Fsp3) is 0.583. The van der Waals surface area contributed by atoms with Gasteiger partial charge in [-0.05, 0) is 33.3 Å². The van der Waals surface area contributed by atoms with Crippen LogP contribution in [0.15, 0.2) is 10.5 Å². The number of carbonyl (C=O) groups excluding carboxylic acids is 1. The smallest absolute Gasteiger partial charge is 0.255 e. The minimum atomic E-state index is -3.02. The van der Waals surface area contributed by atoms with Crippen molar-refractivity contribution in [1.82, 2.24) is 5.32 Å². The lowest BCUT2D eigenvalue weighted by molar-refractivity contribution is 0.0914. The summed E-state index contributed by atoms with van der Waals surface area (Å²) < 4.78 is 28.2. The average Bonchev–Trinajstić information content (AvgIpc) is 2.67. The molecule has 0 saturated carbocycles. The van der Waals surface area contributed by atoms with E-state index in [4.69, 9.17) is 4.42 Å². The summed E-state index contributed by atoms with van der Waals surface area (Å²) in [5.41, 5.74) is -0.203. The molecule has 0 radical (unpaired) electrons. The number of sulfone groups is 1. The highest BCUT2D eigenvalue weighted by atomic mass is 32.2. The average molecular weight is 271 g/mol. The van der Waals surface area contributed by atoms with Gasteiger partial charge in [0.1, 0.15) is 11.5 Å². The summed E-state index contributed by atoms with van der Waals surface area (Å²) in [5, 5.41) is 2.80. The quantitative estimate of drug-likeness (QED) is 0.877. The van der Waals surface area contributed by atoms with E-state index in [-0.39, 0.29) is 17.4 Å². The fourth-order valence-electron chi connectivity index (χ4n) is 2.31. The molecule has 1 aliphatic heterocycles. The molecule has 1 amide bonds. The molecular formula is C12H17NO4S. The van der Waals surface area contributed by atoms with Crippen LogP contribution in [0.1, 0.15) is 35.2 Å². The molecule has 6 heteroatoms. The first-order valence-corrected chi connectivity index (χ1v) is 7.63. The van der Waals surface area contributed by atoms with Crippen LogP contribution in [-0.2, 0) is 9.84 Å². The summed E-state index contributed by atoms with van der Waals surface area (Å²) in [7, 11) is -3.02. The highest BCUT2D eigenvalue weighted by Crippen LogP contribution is 2.24. The lowest BCUT2D eigenvalue weighted by atomic mass is 10.0. The molecule has 1 N–H and O–H groups in total. The maximum atomic E-state index is 12.1. The van der Waals surface area contributed by atoms with Crippen LogP contribution in [-0.4, -0.2) is 31.4 Å². The molecule has 1 fully saturated rings. The molecule has 100 valence electrons. The molecule has 0 aromatic carbocycles. The molecule has 5 nitrogen and oxygen atoms in total. The van der Waals surface area contributed by atoms with E-state index in [0.29, 0.717) is 23.5 Å². The van der Waals surface area contributed by atoms with E-state index >= 15 is 0 Å². The molecular weight excluding hydrogens is 254 g/mol. The molecule has 0 spiro atoms. The Morgan fingerprint density at radius 1 is 1.44 bits per heavy atom. The number of amides is 1. The first kappa shape index (κ1) is 13.1. The van der Waals surface area contributed by atoms with Gasteiger partial charge in [-0.15, -0.1) is 0 Å². The second-order valence-corrected chi connectivity index (χ2v) is 7.37. The summed E-state index contributed by atoms with van der Waals surface area (Å²) in [6.45, 7) is 5.25. The van der Waals surface area contributed by atoms with E-state index in [0.717, 1.165) is 0 Å². The van der Waals surface area contributed by atoms with Crippen molar-refractivity contribution < 1.29 is 17.6 Å². The molecule has 2 rings (SSSR count). The molecule has 1 aliphatic rings. The maximum Gasteiger partial charge on any atom is 0.255 e. The summed E-state index contributed by atoms with van der Waals surface area (Å²) >= 11 is 0. The number of nitrogens with one attached hydrogen (secondary N) is 1. The monoisotopic (exact) mass is 271 g/mol. The SMILES string of the molecule is Cc1cc(C(=O)N[C@]2(C)CCS(=O)(=O)C2)c(C)o1. The number of furan rings is 1. The zero-order chi connectivity index (χ0) is 13.6. The van der Waals surface area contributed by atoms with Gasteiger partial charge in [0.15, 0.2) is 9.84 Å². The van der Waals surface area contributed by atoms with Gasteiger partial charge >= 0.3 is 0 Å². The van der Waals surface area contributed by atoms with Crippen molar-refractivity contribution in [3.8, 4) is 0 Å². The van der Waals surface area contributed by atoms with Crippen LogP contribution in [0.4, 0.5) is 0 Å². The predicted molar refractivity (Wildman–Crippen MR) is 67.3 cm³/mol. The minimum absolute atomic E-state index is 0.00161. The van der Waals surface area contributed by atoms with Gasteiger partial charge in [-0.25, -0.2) is 8.42 Å². The second-order valence-electron chi connectivity index (χ2n) is 5.18. The first-order chi connectivity index (χ1) is 8.21. The summed E-state index contributed by atoms with van der Waals surface area (Å²) in [4.78, 5) is 12.1. The number of hydrogen-bond donors (Lipinski definition) is 1. The Morgan fingerprint density at radius 3 is 2.56 bits per heavy atom. The van der Waals surface area contributed by atoms with Crippen LogP contribution in [0.25, 0.3) is 0 Å². The standard InChI is InChI=1S/C12H17NO4S/c1-8-6-10(9(2)17-8)11(14)13-12(3)4-5-18(15,16)7-12/h6H,4-5,7H2,1-3H3,(H,13,14)/t12-/m1/s1. The Labute approximate surface area is 106 Å². The molecule has 0 aliphatic carbocycles. The zero-order valence-electron chi connectivity index (χ0n) is 10.7. The maximum absolute atomic E-state index is 12.1. The Kier molecular flexibility index (Phi) is 3.01. The summed E-state index contributed by atoms with van der Waals surface area (Å²) in [6.07, 6.45) is 0.455. The van der Waals surface area contributed by atoms with Gasteiger partial charge in [-0.1, -0.05) is 0 Å². The Hall–Kier alpha value is -1.30. The highest BCUT2D eigenvalue weighted by Gasteiger charge is 2.39. The van der Waals surface area contributed by atoms with Crippen LogP contribution in [0.5, 0.6) is 0 Å². The third-order valence-corrected chi connectivity index (χ3v) is 5.11. The van der Waals surface area contributed by atoms with E-state index in [1.165, 1.54) is 0 Å². The fourth-order valence-corrected chi connectivity index (χ4v) is 4.40. The summed E-state index contributed by atoms with van der Waals surface area (Å²) in [5.74, 6) is 1.08. The molecule has 1 aromatic heterocycles. The van der Waals surface area contributed by atoms with Crippen molar-refractivity contribution in [1.29, 1.82) is 0 Å². The number of carbonyl (C=O) groups is 1. The van der Waals surface area contributed by atoms with Crippen molar-refractivity contribution in [2.75, 3.05) is 11.5 Å². The molecule has 1 saturated heterocycles. The number of rotatable bonds is 2. The van der Waals surface area contributed by atoms with Crippen molar-refractivity contribution in [3.05, 3.63) is 23.2 Å². The Balaban J connectivity index is 2.16. The van der Waals surface area contributed by atoms with Gasteiger partial charge in [0, 0.05) is 0 Å². The van der Waals surface area contributed by atoms with Crippen LogP contribution in [0.3, 0.4) is 0 Å². The summed E-state index contributed by atoms with van der Waals surface area (Å²) in [6, 6.07) is 1.66. The van der Waals surface area contributed by atoms with E-state index in [2.05, 4.69) is 5.32 Å². The minimum Gasteiger partial charge on any atom is -0.466 e. The normalized spacial score (nSPS) is 26.2. The molecule has 1 atom stereocenters. The van der Waals surface area contributed by atoms with Gasteiger partial charge in [0.05, 0.1) is 22.6 Å². The van der Waals surface area contributed by atoms with Crippen LogP contribution >= 0.6 is 0 Å². The largest absolute Gasteiger partial charge is 0.466 e. The van der Waals surface area contributed by atoms with Gasteiger partial charge in [0.25, 0.3) is 5.91 Å². The van der Waals surface area contributed by atoms with E-state index in [1.807, 2.05) is 0 Å². The first-order valence-electron chi connectivity index (χ1n) is 5.81. The van der Waals surface area contributed by atoms with Crippen LogP contribution in [0.2, 0.25) is 0 Å². The lowest BCUT2D eigenvalue weighted by Gasteiger charge is -2.23. The van der Waals surface area contributed by atoms with Gasteiger partial charge in [-0.3, -0.25) is 4.79 Å². The molecule has 2 heterocycles. The van der Waals surface area contributed by atoms with Gasteiger partial charge < -0.3 is 9.73 Å². The van der Waals surface area contributed by atoms with Crippen LogP contribution in [0, 0.1) is 13.8 Å². The van der Waals surface area contributed by atoms with E-state index < -0.39 is 15.4 Å². The number of aryl methyl sites for hydroxylation is 2. The third-order valence-electron chi connectivity index (χ3n) is 3.20. The third kappa shape index (κ3) is 2.58. The molecule has 0 bridgehead atoms. The number of hydrogen-bond acceptors (Lipinski definition) is 4. The van der Waals surface area contributed by atoms with Gasteiger partial charge in [-0.2, -0.15) is 0 Å². The van der Waals surface area contributed by atoms with E-state index in [9.17, 15) is 13.2 Å². The topological polar surface area (TPSA) is 76.4 Å². The predicted octanol–water partition coefficient (Wildman–Crippen LogP) is 1.20. The Bertz CT molecular complexity index is 587. The van der Waals surface area contributed by atoms with Crippen molar-refractivity contribution >= 4 is 15.7 Å².